The van der Waals surface area contributed by atoms with Gasteiger partial charge in [0, 0.05) is 23.7 Å². The third-order valence-electron chi connectivity index (χ3n) is 6.09. The van der Waals surface area contributed by atoms with Crippen LogP contribution in [0.3, 0.4) is 0 Å². The van der Waals surface area contributed by atoms with Crippen molar-refractivity contribution < 1.29 is 19.0 Å². The number of methoxy groups -OCH3 is 3. The molecule has 2 aromatic heterocycles. The summed E-state index contributed by atoms with van der Waals surface area (Å²) >= 11 is 0. The highest BCUT2D eigenvalue weighted by atomic mass is 16.5. The van der Waals surface area contributed by atoms with Crippen molar-refractivity contribution in [2.24, 2.45) is 0 Å². The minimum absolute atomic E-state index is 0.294. The van der Waals surface area contributed by atoms with Gasteiger partial charge in [0.15, 0.2) is 17.3 Å². The molecule has 4 aromatic rings. The summed E-state index contributed by atoms with van der Waals surface area (Å²) in [7, 11) is 4.72. The maximum atomic E-state index is 13.7. The van der Waals surface area contributed by atoms with Crippen molar-refractivity contribution in [1.29, 1.82) is 0 Å². The predicted molar refractivity (Wildman–Crippen MR) is 139 cm³/mol. The molecule has 2 aromatic carbocycles. The van der Waals surface area contributed by atoms with Crippen molar-refractivity contribution in [1.82, 2.24) is 19.7 Å². The van der Waals surface area contributed by atoms with Crippen LogP contribution < -0.4 is 24.8 Å². The molecule has 37 heavy (non-hydrogen) atoms. The number of aromatic nitrogens is 4. The molecule has 0 aliphatic carbocycles. The van der Waals surface area contributed by atoms with Crippen LogP contribution in [0.15, 0.2) is 78.3 Å². The highest BCUT2D eigenvalue weighted by Gasteiger charge is 2.35. The van der Waals surface area contributed by atoms with Gasteiger partial charge in [-0.1, -0.05) is 18.2 Å². The van der Waals surface area contributed by atoms with Crippen LogP contribution >= 0.6 is 0 Å². The largest absolute Gasteiger partial charge is 0.495 e. The van der Waals surface area contributed by atoms with E-state index in [0.29, 0.717) is 46.0 Å². The average Bonchev–Trinajstić information content (AvgIpc) is 3.36. The van der Waals surface area contributed by atoms with E-state index in [-0.39, 0.29) is 5.91 Å². The Morgan fingerprint density at radius 1 is 0.973 bits per heavy atom. The third-order valence-corrected chi connectivity index (χ3v) is 6.09. The van der Waals surface area contributed by atoms with Crippen molar-refractivity contribution in [2.45, 2.75) is 13.0 Å². The number of nitrogens with zero attached hydrogens (tertiary/aromatic N) is 4. The smallest absolute Gasteiger partial charge is 0.255 e. The van der Waals surface area contributed by atoms with Gasteiger partial charge in [-0.15, -0.1) is 5.10 Å². The number of ether oxygens (including phenoxy) is 3. The molecule has 2 N–H and O–H groups in total. The number of nitrogens with one attached hydrogen (secondary N) is 2. The Balaban J connectivity index is 1.58. The summed E-state index contributed by atoms with van der Waals surface area (Å²) in [5.41, 5.74) is 3.23. The molecule has 0 radical (unpaired) electrons. The Bertz CT molecular complexity index is 1480. The van der Waals surface area contributed by atoms with Gasteiger partial charge in [0.05, 0.1) is 32.6 Å². The third kappa shape index (κ3) is 4.44. The van der Waals surface area contributed by atoms with Gasteiger partial charge in [0.1, 0.15) is 11.8 Å². The SMILES string of the molecule is COc1ccccc1NC(=O)C1=C(C)Nc2nc(-c3ccc(OC)c(OC)c3)nn2[C@@H]1c1cccnc1. The number of benzene rings is 2. The second-order valence-electron chi connectivity index (χ2n) is 8.28. The maximum Gasteiger partial charge on any atom is 0.255 e. The maximum absolute atomic E-state index is 13.7. The summed E-state index contributed by atoms with van der Waals surface area (Å²) in [6, 6.07) is 15.9. The molecule has 0 unspecified atom stereocenters. The summed E-state index contributed by atoms with van der Waals surface area (Å²) in [4.78, 5) is 22.7. The van der Waals surface area contributed by atoms with E-state index < -0.39 is 6.04 Å². The summed E-state index contributed by atoms with van der Waals surface area (Å²) < 4.78 is 17.9. The molecule has 10 heteroatoms. The number of carbonyl (C=O) groups is 1. The van der Waals surface area contributed by atoms with Gasteiger partial charge in [-0.25, -0.2) is 4.68 Å². The molecule has 10 nitrogen and oxygen atoms in total. The van der Waals surface area contributed by atoms with Crippen molar-refractivity contribution in [3.63, 3.8) is 0 Å². The minimum Gasteiger partial charge on any atom is -0.495 e. The van der Waals surface area contributed by atoms with Gasteiger partial charge in [-0.3, -0.25) is 9.78 Å². The average molecular weight is 499 g/mol. The van der Waals surface area contributed by atoms with Crippen molar-refractivity contribution in [3.05, 3.63) is 83.8 Å². The summed E-state index contributed by atoms with van der Waals surface area (Å²) in [6.45, 7) is 1.84. The van der Waals surface area contributed by atoms with E-state index in [1.54, 1.807) is 56.6 Å². The molecular weight excluding hydrogens is 472 g/mol. The predicted octanol–water partition coefficient (Wildman–Crippen LogP) is 4.29. The number of allylic oxidation sites excluding steroid dienone is 1. The number of anilines is 2. The molecule has 1 amide bonds. The zero-order valence-corrected chi connectivity index (χ0v) is 20.9. The highest BCUT2D eigenvalue weighted by Crippen LogP contribution is 2.38. The number of amides is 1. The normalized spacial score (nSPS) is 14.4. The van der Waals surface area contributed by atoms with Crippen LogP contribution in [0, 0.1) is 0 Å². The molecule has 1 atom stereocenters. The lowest BCUT2D eigenvalue weighted by molar-refractivity contribution is -0.113. The minimum atomic E-state index is -0.568. The zero-order valence-electron chi connectivity index (χ0n) is 20.9. The number of pyridine rings is 1. The van der Waals surface area contributed by atoms with E-state index in [9.17, 15) is 4.79 Å². The van der Waals surface area contributed by atoms with Gasteiger partial charge in [0.2, 0.25) is 5.95 Å². The monoisotopic (exact) mass is 498 g/mol. The topological polar surface area (TPSA) is 112 Å². The summed E-state index contributed by atoms with van der Waals surface area (Å²) in [6.07, 6.45) is 3.41. The Morgan fingerprint density at radius 2 is 1.76 bits per heavy atom. The van der Waals surface area contributed by atoms with Crippen LogP contribution in [-0.4, -0.2) is 47.0 Å². The molecule has 1 aliphatic heterocycles. The van der Waals surface area contributed by atoms with Crippen molar-refractivity contribution >= 4 is 17.5 Å². The highest BCUT2D eigenvalue weighted by molar-refractivity contribution is 6.06. The van der Waals surface area contributed by atoms with E-state index >= 15 is 0 Å². The first-order chi connectivity index (χ1) is 18.0. The quantitative estimate of drug-likeness (QED) is 0.388. The first-order valence-corrected chi connectivity index (χ1v) is 11.5. The summed E-state index contributed by atoms with van der Waals surface area (Å²) in [5.74, 6) is 2.41. The van der Waals surface area contributed by atoms with E-state index in [1.165, 1.54) is 0 Å². The van der Waals surface area contributed by atoms with Crippen LogP contribution in [0.2, 0.25) is 0 Å². The molecule has 0 bridgehead atoms. The standard InChI is InChI=1S/C27H26N6O4/c1-16-23(26(34)30-19-9-5-6-10-20(19)35-2)24(18-8-7-13-28-15-18)33-27(29-16)31-25(32-33)17-11-12-21(36-3)22(14-17)37-4/h5-15,24H,1-4H3,(H,30,34)(H,29,31,32)/t24-/m1/s1. The molecule has 5 rings (SSSR count). The zero-order chi connectivity index (χ0) is 25.9. The fourth-order valence-corrected chi connectivity index (χ4v) is 4.33. The summed E-state index contributed by atoms with van der Waals surface area (Å²) in [5, 5.41) is 11.0. The molecular formula is C27H26N6O4. The van der Waals surface area contributed by atoms with E-state index in [0.717, 1.165) is 11.1 Å². The van der Waals surface area contributed by atoms with Gasteiger partial charge < -0.3 is 24.8 Å². The lowest BCUT2D eigenvalue weighted by Gasteiger charge is -2.28. The van der Waals surface area contributed by atoms with Crippen LogP contribution in [0.25, 0.3) is 11.4 Å². The number of hydrogen-bond donors (Lipinski definition) is 2. The Morgan fingerprint density at radius 3 is 2.49 bits per heavy atom. The molecule has 188 valence electrons. The van der Waals surface area contributed by atoms with Crippen LogP contribution in [-0.2, 0) is 4.79 Å². The number of fused-ring (bicyclic) bond motifs is 1. The Hall–Kier alpha value is -4.86. The number of hydrogen-bond acceptors (Lipinski definition) is 8. The first kappa shape index (κ1) is 23.9. The molecule has 3 heterocycles. The fourth-order valence-electron chi connectivity index (χ4n) is 4.33. The van der Waals surface area contributed by atoms with Crippen molar-refractivity contribution in [3.8, 4) is 28.6 Å². The number of rotatable bonds is 7. The number of para-hydroxylation sites is 2. The molecule has 0 spiro atoms. The van der Waals surface area contributed by atoms with E-state index in [2.05, 4.69) is 15.6 Å². The van der Waals surface area contributed by atoms with Crippen molar-refractivity contribution in [2.75, 3.05) is 32.0 Å². The van der Waals surface area contributed by atoms with Gasteiger partial charge in [-0.05, 0) is 48.9 Å². The second-order valence-corrected chi connectivity index (χ2v) is 8.28. The Kier molecular flexibility index (Phi) is 6.46. The lowest BCUT2D eigenvalue weighted by atomic mass is 9.96. The second kappa shape index (κ2) is 10.0. The molecule has 0 saturated carbocycles. The van der Waals surface area contributed by atoms with E-state index in [4.69, 9.17) is 24.3 Å². The van der Waals surface area contributed by atoms with Gasteiger partial charge in [0.25, 0.3) is 5.91 Å². The fraction of sp³-hybridized carbons (Fsp3) is 0.185. The van der Waals surface area contributed by atoms with Crippen LogP contribution in [0.4, 0.5) is 11.6 Å². The van der Waals surface area contributed by atoms with Crippen LogP contribution in [0.5, 0.6) is 17.2 Å². The Labute approximate surface area is 213 Å². The van der Waals surface area contributed by atoms with Gasteiger partial charge >= 0.3 is 0 Å². The number of carbonyl (C=O) groups excluding carboxylic acids is 1. The van der Waals surface area contributed by atoms with Crippen LogP contribution in [0.1, 0.15) is 18.5 Å². The van der Waals surface area contributed by atoms with E-state index in [1.807, 2.05) is 43.3 Å². The first-order valence-electron chi connectivity index (χ1n) is 11.5. The van der Waals surface area contributed by atoms with Gasteiger partial charge in [-0.2, -0.15) is 4.98 Å². The molecule has 1 aliphatic rings. The lowest BCUT2D eigenvalue weighted by Crippen LogP contribution is -2.31. The molecule has 0 saturated heterocycles. The molecule has 0 fully saturated rings.